The second kappa shape index (κ2) is 6.99. The molecule has 3 amide bonds. The topological polar surface area (TPSA) is 77.9 Å². The summed E-state index contributed by atoms with van der Waals surface area (Å²) in [6.45, 7) is 3.21. The van der Waals surface area contributed by atoms with Gasteiger partial charge in [-0.15, -0.1) is 0 Å². The van der Waals surface area contributed by atoms with Crippen LogP contribution in [0.3, 0.4) is 0 Å². The van der Waals surface area contributed by atoms with Gasteiger partial charge in [-0.3, -0.25) is 9.78 Å². The highest BCUT2D eigenvalue weighted by Gasteiger charge is 2.37. The van der Waals surface area contributed by atoms with E-state index in [-0.39, 0.29) is 23.9 Å². The lowest BCUT2D eigenvalue weighted by Gasteiger charge is -2.27. The summed E-state index contributed by atoms with van der Waals surface area (Å²) in [5.74, 6) is 0.212. The standard InChI is InChI=1S/C22H23N5O2/c1-14-10-20(28)27(19-6-7-19)25-21(14)15-2-4-18(5-3-15)24-22(29)26-12-16-8-9-23-11-17(16)13-26/h2-5,8-9,11,14,19H,6-7,10,12-13H2,1H3,(H,24,29)/t14-/m0/s1. The molecule has 3 aliphatic rings. The highest BCUT2D eigenvalue weighted by molar-refractivity contribution is 6.06. The smallest absolute Gasteiger partial charge is 0.316 e. The average molecular weight is 389 g/mol. The Morgan fingerprint density at radius 3 is 2.59 bits per heavy atom. The van der Waals surface area contributed by atoms with E-state index in [0.717, 1.165) is 40.9 Å². The van der Waals surface area contributed by atoms with Crippen LogP contribution in [0, 0.1) is 5.92 Å². The summed E-state index contributed by atoms with van der Waals surface area (Å²) < 4.78 is 0. The normalized spacial score (nSPS) is 21.1. The Morgan fingerprint density at radius 2 is 1.86 bits per heavy atom. The van der Waals surface area contributed by atoms with E-state index >= 15 is 0 Å². The van der Waals surface area contributed by atoms with Crippen LogP contribution in [0.1, 0.15) is 42.9 Å². The Morgan fingerprint density at radius 1 is 1.10 bits per heavy atom. The minimum atomic E-state index is -0.122. The van der Waals surface area contributed by atoms with Crippen LogP contribution in [0.5, 0.6) is 0 Å². The summed E-state index contributed by atoms with van der Waals surface area (Å²) in [6.07, 6.45) is 6.15. The van der Waals surface area contributed by atoms with Crippen LogP contribution in [0.4, 0.5) is 10.5 Å². The fourth-order valence-electron chi connectivity index (χ4n) is 3.96. The Balaban J connectivity index is 1.28. The van der Waals surface area contributed by atoms with Crippen molar-refractivity contribution in [1.29, 1.82) is 0 Å². The lowest BCUT2D eigenvalue weighted by molar-refractivity contribution is -0.133. The van der Waals surface area contributed by atoms with Gasteiger partial charge >= 0.3 is 6.03 Å². The lowest BCUT2D eigenvalue weighted by atomic mass is 9.93. The SMILES string of the molecule is C[C@H]1CC(=O)N(C2CC2)N=C1c1ccc(NC(=O)N2Cc3ccncc3C2)cc1. The molecule has 1 atom stereocenters. The summed E-state index contributed by atoms with van der Waals surface area (Å²) in [6, 6.07) is 9.84. The molecule has 0 radical (unpaired) electrons. The Bertz CT molecular complexity index is 972. The molecule has 0 unspecified atom stereocenters. The molecule has 1 aromatic heterocycles. The van der Waals surface area contributed by atoms with Crippen molar-refractivity contribution in [3.8, 4) is 0 Å². The first kappa shape index (κ1) is 17.8. The van der Waals surface area contributed by atoms with Crippen LogP contribution >= 0.6 is 0 Å². The molecule has 1 N–H and O–H groups in total. The van der Waals surface area contributed by atoms with Crippen molar-refractivity contribution < 1.29 is 9.59 Å². The van der Waals surface area contributed by atoms with Crippen molar-refractivity contribution in [2.24, 2.45) is 11.0 Å². The minimum absolute atomic E-state index is 0.0923. The van der Waals surface area contributed by atoms with Gasteiger partial charge in [-0.25, -0.2) is 9.80 Å². The first-order valence-corrected chi connectivity index (χ1v) is 10.1. The summed E-state index contributed by atoms with van der Waals surface area (Å²) in [5, 5.41) is 9.29. The molecule has 0 spiro atoms. The maximum Gasteiger partial charge on any atom is 0.322 e. The van der Waals surface area contributed by atoms with Crippen LogP contribution in [0.25, 0.3) is 0 Å². The third kappa shape index (κ3) is 3.48. The number of fused-ring (bicyclic) bond motifs is 1. The van der Waals surface area contributed by atoms with Gasteiger partial charge < -0.3 is 10.2 Å². The zero-order valence-corrected chi connectivity index (χ0v) is 16.3. The molecule has 1 saturated carbocycles. The molecular weight excluding hydrogens is 366 g/mol. The molecule has 2 aromatic rings. The molecule has 5 rings (SSSR count). The molecule has 29 heavy (non-hydrogen) atoms. The molecule has 1 aliphatic carbocycles. The van der Waals surface area contributed by atoms with E-state index in [2.05, 4.69) is 15.4 Å². The number of nitrogens with zero attached hydrogens (tertiary/aromatic N) is 4. The number of carbonyl (C=O) groups excluding carboxylic acids is 2. The van der Waals surface area contributed by atoms with E-state index in [4.69, 9.17) is 0 Å². The fraction of sp³-hybridized carbons (Fsp3) is 0.364. The number of carbonyl (C=O) groups is 2. The van der Waals surface area contributed by atoms with Crippen LogP contribution in [-0.4, -0.2) is 38.6 Å². The third-order valence-electron chi connectivity index (χ3n) is 5.76. The van der Waals surface area contributed by atoms with Gasteiger partial charge in [-0.05, 0) is 47.7 Å². The van der Waals surface area contributed by atoms with Gasteiger partial charge in [0.15, 0.2) is 0 Å². The minimum Gasteiger partial charge on any atom is -0.316 e. The third-order valence-corrected chi connectivity index (χ3v) is 5.76. The van der Waals surface area contributed by atoms with Crippen LogP contribution in [-0.2, 0) is 17.9 Å². The number of rotatable bonds is 3. The molecule has 0 saturated heterocycles. The number of hydrogen-bond acceptors (Lipinski definition) is 4. The second-order valence-corrected chi connectivity index (χ2v) is 8.07. The molecule has 148 valence electrons. The first-order valence-electron chi connectivity index (χ1n) is 10.1. The van der Waals surface area contributed by atoms with Crippen molar-refractivity contribution in [3.63, 3.8) is 0 Å². The molecule has 1 aromatic carbocycles. The average Bonchev–Trinajstić information content (AvgIpc) is 3.46. The van der Waals surface area contributed by atoms with Gasteiger partial charge in [0.05, 0.1) is 11.8 Å². The van der Waals surface area contributed by atoms with Crippen molar-refractivity contribution >= 4 is 23.3 Å². The highest BCUT2D eigenvalue weighted by Crippen LogP contribution is 2.32. The monoisotopic (exact) mass is 389 g/mol. The van der Waals surface area contributed by atoms with E-state index in [1.807, 2.05) is 43.5 Å². The quantitative estimate of drug-likeness (QED) is 0.874. The Labute approximate surface area is 169 Å². The van der Waals surface area contributed by atoms with E-state index in [0.29, 0.717) is 19.5 Å². The van der Waals surface area contributed by atoms with Crippen molar-refractivity contribution in [2.75, 3.05) is 5.32 Å². The summed E-state index contributed by atoms with van der Waals surface area (Å²) in [7, 11) is 0. The molecule has 1 fully saturated rings. The molecule has 3 heterocycles. The number of urea groups is 1. The van der Waals surface area contributed by atoms with Crippen molar-refractivity contribution in [1.82, 2.24) is 14.9 Å². The Hall–Kier alpha value is -3.22. The zero-order chi connectivity index (χ0) is 20.0. The van der Waals surface area contributed by atoms with Crippen LogP contribution < -0.4 is 5.32 Å². The van der Waals surface area contributed by atoms with Gasteiger partial charge in [0.2, 0.25) is 5.91 Å². The van der Waals surface area contributed by atoms with Crippen molar-refractivity contribution in [2.45, 2.75) is 45.3 Å². The maximum absolute atomic E-state index is 12.6. The predicted octanol–water partition coefficient (Wildman–Crippen LogP) is 3.36. The molecule has 7 nitrogen and oxygen atoms in total. The number of anilines is 1. The van der Waals surface area contributed by atoms with E-state index in [9.17, 15) is 9.59 Å². The van der Waals surface area contributed by atoms with Gasteiger partial charge in [0, 0.05) is 43.5 Å². The number of benzene rings is 1. The summed E-state index contributed by atoms with van der Waals surface area (Å²) >= 11 is 0. The number of amides is 3. The van der Waals surface area contributed by atoms with Gasteiger partial charge in [-0.2, -0.15) is 5.10 Å². The number of aromatic nitrogens is 1. The molecule has 2 aliphatic heterocycles. The number of pyridine rings is 1. The highest BCUT2D eigenvalue weighted by atomic mass is 16.2. The lowest BCUT2D eigenvalue weighted by Crippen LogP contribution is -2.37. The molecule has 7 heteroatoms. The number of hydrogen-bond donors (Lipinski definition) is 1. The van der Waals surface area contributed by atoms with E-state index in [1.54, 1.807) is 16.1 Å². The molecular formula is C22H23N5O2. The van der Waals surface area contributed by atoms with E-state index in [1.165, 1.54) is 0 Å². The zero-order valence-electron chi connectivity index (χ0n) is 16.3. The Kier molecular flexibility index (Phi) is 4.30. The van der Waals surface area contributed by atoms with Crippen molar-refractivity contribution in [3.05, 3.63) is 59.4 Å². The van der Waals surface area contributed by atoms with Crippen LogP contribution in [0.15, 0.2) is 47.8 Å². The number of nitrogens with one attached hydrogen (secondary N) is 1. The second-order valence-electron chi connectivity index (χ2n) is 8.07. The maximum atomic E-state index is 12.6. The van der Waals surface area contributed by atoms with E-state index < -0.39 is 0 Å². The van der Waals surface area contributed by atoms with Crippen LogP contribution in [0.2, 0.25) is 0 Å². The van der Waals surface area contributed by atoms with Gasteiger partial charge in [-0.1, -0.05) is 19.1 Å². The first-order chi connectivity index (χ1) is 14.1. The predicted molar refractivity (Wildman–Crippen MR) is 109 cm³/mol. The molecule has 0 bridgehead atoms. The summed E-state index contributed by atoms with van der Waals surface area (Å²) in [4.78, 5) is 30.7. The van der Waals surface area contributed by atoms with Gasteiger partial charge in [0.1, 0.15) is 0 Å². The fourth-order valence-corrected chi connectivity index (χ4v) is 3.96. The van der Waals surface area contributed by atoms with Gasteiger partial charge in [0.25, 0.3) is 0 Å². The largest absolute Gasteiger partial charge is 0.322 e. The summed E-state index contributed by atoms with van der Waals surface area (Å²) in [5.41, 5.74) is 4.92. The number of hydrazone groups is 1.